The Morgan fingerprint density at radius 2 is 0.440 bits per heavy atom. The third kappa shape index (κ3) is 142. The van der Waals surface area contributed by atoms with Crippen molar-refractivity contribution in [1.29, 1.82) is 0 Å². The van der Waals surface area contributed by atoms with Crippen molar-refractivity contribution in [2.24, 2.45) is 0 Å². The summed E-state index contributed by atoms with van der Waals surface area (Å²) < 4.78 is 0. The molecular formula is C32H40O16Zr2. The second-order valence-corrected chi connectivity index (χ2v) is 7.73. The van der Waals surface area contributed by atoms with Crippen LogP contribution in [0, 0.1) is 0 Å². The van der Waals surface area contributed by atoms with Crippen LogP contribution in [-0.2, 0) is 90.8 Å². The monoisotopic (exact) mass is 860 g/mol. The first-order chi connectivity index (χ1) is 21.7. The molecule has 0 aromatic heterocycles. The van der Waals surface area contributed by atoms with Crippen LogP contribution < -0.4 is 40.9 Å². The first-order valence-electron chi connectivity index (χ1n) is 12.4. The predicted molar refractivity (Wildman–Crippen MR) is 159 cm³/mol. The van der Waals surface area contributed by atoms with Gasteiger partial charge >= 0.3 is 52.4 Å². The zero-order valence-electron chi connectivity index (χ0n) is 28.3. The molecule has 16 nitrogen and oxygen atoms in total. The molecule has 0 saturated heterocycles. The van der Waals surface area contributed by atoms with Gasteiger partial charge in [0, 0.05) is 49.6 Å². The molecule has 0 atom stereocenters. The van der Waals surface area contributed by atoms with Gasteiger partial charge in [0.2, 0.25) is 0 Å². The molecule has 0 aliphatic carbocycles. The number of carbonyl (C=O) groups excluding carboxylic acids is 8. The molecule has 0 spiro atoms. The number of aliphatic carboxylic acids is 8. The van der Waals surface area contributed by atoms with Gasteiger partial charge in [0.25, 0.3) is 0 Å². The Kier molecular flexibility index (Phi) is 77.1. The molecule has 0 bridgehead atoms. The number of hydrogen-bond donors (Lipinski definition) is 0. The fourth-order valence-corrected chi connectivity index (χ4v) is 0.471. The topological polar surface area (TPSA) is 321 Å². The van der Waals surface area contributed by atoms with Crippen LogP contribution in [0.15, 0.2) is 99.2 Å². The summed E-state index contributed by atoms with van der Waals surface area (Å²) in [6, 6.07) is 0. The molecule has 272 valence electrons. The molecule has 0 radical (unpaired) electrons. The molecule has 0 amide bonds. The van der Waals surface area contributed by atoms with Crippen LogP contribution in [0.4, 0.5) is 0 Å². The molecular weight excluding hydrogens is 823 g/mol. The zero-order chi connectivity index (χ0) is 40.6. The summed E-state index contributed by atoms with van der Waals surface area (Å²) in [5.74, 6) is -9.06. The Morgan fingerprint density at radius 3 is 0.440 bits per heavy atom. The SMILES string of the molecule is C=C(C)C(=O)[O-].C=C(C)C(=O)[O-].C=C(C)C(=O)[O-].C=C(C)C(=O)[O-].C=CCC(=O)[O-].C=CCC(=O)[O-].C=CCC(=O)[O-].C=CCC(=O)[O-].[Zr+4].[Zr+4]. The summed E-state index contributed by atoms with van der Waals surface area (Å²) in [5, 5.41) is 75.6. The second-order valence-electron chi connectivity index (χ2n) is 7.73. The van der Waals surface area contributed by atoms with Crippen LogP contribution in [0.1, 0.15) is 53.4 Å². The third-order valence-electron chi connectivity index (χ3n) is 2.64. The number of carboxylic acids is 8. The summed E-state index contributed by atoms with van der Waals surface area (Å²) in [6.07, 6.45) is 4.93. The van der Waals surface area contributed by atoms with Gasteiger partial charge in [-0.1, -0.05) is 50.6 Å². The summed E-state index contributed by atoms with van der Waals surface area (Å²) in [4.78, 5) is 75.6. The molecule has 50 heavy (non-hydrogen) atoms. The van der Waals surface area contributed by atoms with Crippen molar-refractivity contribution in [3.05, 3.63) is 99.2 Å². The third-order valence-corrected chi connectivity index (χ3v) is 2.64. The number of rotatable bonds is 12. The Hall–Kier alpha value is -4.55. The minimum atomic E-state index is -1.19. The summed E-state index contributed by atoms with van der Waals surface area (Å²) in [5.41, 5.74) is 0.259. The molecule has 0 N–H and O–H groups in total. The van der Waals surface area contributed by atoms with E-state index in [1.54, 1.807) is 0 Å². The smallest absolute Gasteiger partial charge is 0.550 e. The molecule has 0 fully saturated rings. The van der Waals surface area contributed by atoms with Crippen molar-refractivity contribution in [1.82, 2.24) is 0 Å². The van der Waals surface area contributed by atoms with Crippen LogP contribution in [-0.4, -0.2) is 47.8 Å². The van der Waals surface area contributed by atoms with Crippen molar-refractivity contribution in [3.8, 4) is 0 Å². The fourth-order valence-electron chi connectivity index (χ4n) is 0.471. The molecule has 0 aromatic carbocycles. The fraction of sp³-hybridized carbons (Fsp3) is 0.250. The Balaban J connectivity index is -0.0000000455. The summed E-state index contributed by atoms with van der Waals surface area (Å²) >= 11 is 0. The predicted octanol–water partition coefficient (Wildman–Crippen LogP) is -5.51. The first-order valence-corrected chi connectivity index (χ1v) is 12.4. The first kappa shape index (κ1) is 71.5. The molecule has 0 saturated carbocycles. The molecule has 0 unspecified atom stereocenters. The van der Waals surface area contributed by atoms with E-state index < -0.39 is 47.8 Å². The average molecular weight is 863 g/mol. The Labute approximate surface area is 330 Å². The minimum Gasteiger partial charge on any atom is -0.550 e. The minimum absolute atomic E-state index is 0. The van der Waals surface area contributed by atoms with Gasteiger partial charge < -0.3 is 79.2 Å². The van der Waals surface area contributed by atoms with Gasteiger partial charge in [-0.2, -0.15) is 0 Å². The number of carboxylic acid groups (broad SMARTS) is 8. The average Bonchev–Trinajstić information content (AvgIpc) is 2.90. The maximum Gasteiger partial charge on any atom is 4.00 e. The number of hydrogen-bond acceptors (Lipinski definition) is 16. The Morgan fingerprint density at radius 1 is 0.360 bits per heavy atom. The van der Waals surface area contributed by atoms with Crippen LogP contribution in [0.5, 0.6) is 0 Å². The summed E-state index contributed by atoms with van der Waals surface area (Å²) in [6.45, 7) is 30.6. The molecule has 0 heterocycles. The van der Waals surface area contributed by atoms with E-state index in [0.29, 0.717) is 0 Å². The van der Waals surface area contributed by atoms with Crippen LogP contribution >= 0.6 is 0 Å². The Bertz CT molecular complexity index is 913. The van der Waals surface area contributed by atoms with Gasteiger partial charge in [-0.25, -0.2) is 0 Å². The van der Waals surface area contributed by atoms with Crippen LogP contribution in [0.2, 0.25) is 0 Å². The summed E-state index contributed by atoms with van der Waals surface area (Å²) in [7, 11) is 0. The van der Waals surface area contributed by atoms with E-state index in [9.17, 15) is 79.2 Å². The molecule has 0 rings (SSSR count). The normalized spacial score (nSPS) is 7.12. The van der Waals surface area contributed by atoms with Crippen molar-refractivity contribution in [3.63, 3.8) is 0 Å². The van der Waals surface area contributed by atoms with Crippen LogP contribution in [0.25, 0.3) is 0 Å². The number of carbonyl (C=O) groups is 8. The zero-order valence-corrected chi connectivity index (χ0v) is 33.2. The largest absolute Gasteiger partial charge is 4.00 e. The van der Waals surface area contributed by atoms with Crippen LogP contribution in [0.3, 0.4) is 0 Å². The van der Waals surface area contributed by atoms with E-state index in [1.165, 1.54) is 52.0 Å². The van der Waals surface area contributed by atoms with Crippen molar-refractivity contribution >= 4 is 47.8 Å². The molecule has 18 heteroatoms. The van der Waals surface area contributed by atoms with Gasteiger partial charge in [-0.15, -0.1) is 26.3 Å². The maximum atomic E-state index is 9.49. The molecule has 0 aliphatic rings. The van der Waals surface area contributed by atoms with E-state index in [1.807, 2.05) is 0 Å². The van der Waals surface area contributed by atoms with Gasteiger partial charge in [-0.3, -0.25) is 0 Å². The van der Waals surface area contributed by atoms with Gasteiger partial charge in [0.05, 0.1) is 23.9 Å². The second kappa shape index (κ2) is 53.9. The maximum absolute atomic E-state index is 9.49. The van der Waals surface area contributed by atoms with E-state index in [-0.39, 0.29) is 100 Å². The molecule has 0 aliphatic heterocycles. The quantitative estimate of drug-likeness (QED) is 0.130. The molecule has 0 aromatic rings. The van der Waals surface area contributed by atoms with Crippen molar-refractivity contribution < 1.29 is 132 Å². The van der Waals surface area contributed by atoms with Crippen molar-refractivity contribution in [2.45, 2.75) is 53.4 Å². The van der Waals surface area contributed by atoms with E-state index in [2.05, 4.69) is 52.6 Å². The standard InChI is InChI=1S/8C4H6O2.2Zr/c4*1-3(2)4(5)6;4*1-2-3-4(5)6;;/h4*1H2,2H3,(H,5,6);4*2H,1,3H2,(H,5,6);;/q;;;;;;;;2*+4/p-8. The van der Waals surface area contributed by atoms with Gasteiger partial charge in [-0.05, 0) is 50.0 Å². The van der Waals surface area contributed by atoms with E-state index in [4.69, 9.17) is 0 Å². The van der Waals surface area contributed by atoms with E-state index in [0.717, 1.165) is 0 Å². The van der Waals surface area contributed by atoms with E-state index >= 15 is 0 Å². The van der Waals surface area contributed by atoms with Gasteiger partial charge in [0.1, 0.15) is 0 Å². The van der Waals surface area contributed by atoms with Crippen molar-refractivity contribution in [2.75, 3.05) is 0 Å². The van der Waals surface area contributed by atoms with Gasteiger partial charge in [0.15, 0.2) is 0 Å².